The highest BCUT2D eigenvalue weighted by atomic mass is 32.1. The van der Waals surface area contributed by atoms with Gasteiger partial charge < -0.3 is 15.1 Å². The quantitative estimate of drug-likeness (QED) is 0.504. The van der Waals surface area contributed by atoms with Crippen molar-refractivity contribution in [1.29, 1.82) is 0 Å². The van der Waals surface area contributed by atoms with Crippen LogP contribution in [0, 0.1) is 11.6 Å². The number of nitrogens with one attached hydrogen (secondary N) is 1. The van der Waals surface area contributed by atoms with E-state index in [1.54, 1.807) is 45.4 Å². The molecule has 2 aromatic carbocycles. The molecule has 0 bridgehead atoms. The molecule has 37 heavy (non-hydrogen) atoms. The van der Waals surface area contributed by atoms with Crippen molar-refractivity contribution in [2.75, 3.05) is 38.0 Å². The van der Waals surface area contributed by atoms with Gasteiger partial charge >= 0.3 is 6.03 Å². The van der Waals surface area contributed by atoms with Gasteiger partial charge in [0.2, 0.25) is 5.91 Å². The van der Waals surface area contributed by atoms with E-state index in [1.807, 2.05) is 13.0 Å². The Morgan fingerprint density at radius 2 is 1.89 bits per heavy atom. The van der Waals surface area contributed by atoms with Gasteiger partial charge in [-0.25, -0.2) is 13.6 Å². The summed E-state index contributed by atoms with van der Waals surface area (Å²) in [5.74, 6) is -0.710. The summed E-state index contributed by atoms with van der Waals surface area (Å²) in [6.45, 7) is 4.49. The molecule has 2 aliphatic rings. The van der Waals surface area contributed by atoms with Crippen molar-refractivity contribution >= 4 is 29.0 Å². The first kappa shape index (κ1) is 25.4. The van der Waals surface area contributed by atoms with E-state index in [-0.39, 0.29) is 35.5 Å². The number of anilines is 1. The second-order valence-corrected chi connectivity index (χ2v) is 10.6. The first-order chi connectivity index (χ1) is 17.9. The highest BCUT2D eigenvalue weighted by Gasteiger charge is 2.33. The summed E-state index contributed by atoms with van der Waals surface area (Å²) < 4.78 is 28.0. The van der Waals surface area contributed by atoms with Gasteiger partial charge in [-0.1, -0.05) is 24.3 Å². The van der Waals surface area contributed by atoms with Crippen LogP contribution in [0.3, 0.4) is 0 Å². The number of fused-ring (bicyclic) bond motifs is 1. The lowest BCUT2D eigenvalue weighted by molar-refractivity contribution is -0.134. The minimum Gasteiger partial charge on any atom is -0.339 e. The summed E-state index contributed by atoms with van der Waals surface area (Å²) in [6, 6.07) is 14.2. The van der Waals surface area contributed by atoms with E-state index < -0.39 is 5.82 Å². The van der Waals surface area contributed by atoms with Crippen molar-refractivity contribution in [3.8, 4) is 0 Å². The van der Waals surface area contributed by atoms with Crippen molar-refractivity contribution in [1.82, 2.24) is 14.7 Å². The van der Waals surface area contributed by atoms with Crippen molar-refractivity contribution < 1.29 is 18.4 Å². The summed E-state index contributed by atoms with van der Waals surface area (Å²) in [4.78, 5) is 32.9. The molecule has 3 heterocycles. The van der Waals surface area contributed by atoms with Crippen LogP contribution in [0.5, 0.6) is 0 Å². The number of carbonyl (C=O) groups excluding carboxylic acids is 2. The minimum absolute atomic E-state index is 0.0371. The number of rotatable bonds is 5. The Bertz CT molecular complexity index is 1280. The second-order valence-electron chi connectivity index (χ2n) is 9.58. The fourth-order valence-electron chi connectivity index (χ4n) is 5.31. The zero-order valence-electron chi connectivity index (χ0n) is 20.7. The molecule has 9 heteroatoms. The molecule has 1 saturated heterocycles. The number of piperazine rings is 1. The fourth-order valence-corrected chi connectivity index (χ4v) is 6.21. The van der Waals surface area contributed by atoms with Gasteiger partial charge in [0.15, 0.2) is 0 Å². The summed E-state index contributed by atoms with van der Waals surface area (Å²) in [5.41, 5.74) is 2.23. The van der Waals surface area contributed by atoms with E-state index >= 15 is 0 Å². The topological polar surface area (TPSA) is 55.9 Å². The summed E-state index contributed by atoms with van der Waals surface area (Å²) in [6.07, 6.45) is 1.26. The number of amides is 3. The van der Waals surface area contributed by atoms with E-state index in [1.165, 1.54) is 28.6 Å². The first-order valence-electron chi connectivity index (χ1n) is 12.6. The highest BCUT2D eigenvalue weighted by Crippen LogP contribution is 2.38. The normalized spacial score (nSPS) is 20.0. The van der Waals surface area contributed by atoms with Gasteiger partial charge in [0.1, 0.15) is 11.6 Å². The smallest absolute Gasteiger partial charge is 0.322 e. The first-order valence-corrected chi connectivity index (χ1v) is 13.4. The molecule has 5 rings (SSSR count). The van der Waals surface area contributed by atoms with Crippen molar-refractivity contribution in [3.63, 3.8) is 0 Å². The third-order valence-corrected chi connectivity index (χ3v) is 8.20. The third kappa shape index (κ3) is 5.52. The predicted octanol–water partition coefficient (Wildman–Crippen LogP) is 5.13. The number of benzene rings is 2. The largest absolute Gasteiger partial charge is 0.339 e. The number of thiophene rings is 1. The van der Waals surface area contributed by atoms with Gasteiger partial charge in [0.05, 0.1) is 11.7 Å². The third-order valence-electron chi connectivity index (χ3n) is 7.20. The SMILES string of the molecule is CC1CN(C(=O)CCN2CCc3sccc3C2c2cccc(F)c2)CCN1C(=O)Nc1ccccc1F. The summed E-state index contributed by atoms with van der Waals surface area (Å²) in [5, 5.41) is 4.71. The van der Waals surface area contributed by atoms with E-state index in [2.05, 4.69) is 21.7 Å². The van der Waals surface area contributed by atoms with Crippen molar-refractivity contribution in [3.05, 3.63) is 87.6 Å². The molecule has 1 fully saturated rings. The Kier molecular flexibility index (Phi) is 7.53. The van der Waals surface area contributed by atoms with Crippen LogP contribution in [-0.4, -0.2) is 65.4 Å². The van der Waals surface area contributed by atoms with Crippen LogP contribution in [0.2, 0.25) is 0 Å². The maximum absolute atomic E-state index is 14.0. The van der Waals surface area contributed by atoms with Gasteiger partial charge in [0.25, 0.3) is 0 Å². The Morgan fingerprint density at radius 1 is 1.05 bits per heavy atom. The van der Waals surface area contributed by atoms with E-state index in [9.17, 15) is 18.4 Å². The van der Waals surface area contributed by atoms with Crippen LogP contribution >= 0.6 is 11.3 Å². The zero-order valence-corrected chi connectivity index (χ0v) is 21.5. The molecular formula is C28H30F2N4O2S. The molecule has 0 aliphatic carbocycles. The van der Waals surface area contributed by atoms with Gasteiger partial charge in [-0.05, 0) is 60.2 Å². The Balaban J connectivity index is 1.19. The van der Waals surface area contributed by atoms with E-state index in [0.29, 0.717) is 32.6 Å². The lowest BCUT2D eigenvalue weighted by Crippen LogP contribution is -2.56. The van der Waals surface area contributed by atoms with Crippen molar-refractivity contribution in [2.24, 2.45) is 0 Å². The number of halogens is 2. The van der Waals surface area contributed by atoms with Crippen LogP contribution in [-0.2, 0) is 11.2 Å². The standard InChI is InChI=1S/C28H30F2N4O2S/c1-19-18-33(14-15-34(19)28(36)31-24-8-3-2-7-23(24)30)26(35)10-13-32-12-9-25-22(11-16-37-25)27(32)20-5-4-6-21(29)17-20/h2-8,11,16-17,19,27H,9-10,12-15,18H2,1H3,(H,31,36). The lowest BCUT2D eigenvalue weighted by Gasteiger charge is -2.40. The minimum atomic E-state index is -0.485. The summed E-state index contributed by atoms with van der Waals surface area (Å²) in [7, 11) is 0. The van der Waals surface area contributed by atoms with Crippen molar-refractivity contribution in [2.45, 2.75) is 31.8 Å². The number of nitrogens with zero attached hydrogens (tertiary/aromatic N) is 3. The molecule has 1 aromatic heterocycles. The van der Waals surface area contributed by atoms with Gasteiger partial charge in [-0.3, -0.25) is 9.69 Å². The molecule has 3 aromatic rings. The summed E-state index contributed by atoms with van der Waals surface area (Å²) >= 11 is 1.73. The Labute approximate surface area is 219 Å². The number of hydrogen-bond acceptors (Lipinski definition) is 4. The average molecular weight is 525 g/mol. The number of para-hydroxylation sites is 1. The number of carbonyl (C=O) groups is 2. The van der Waals surface area contributed by atoms with Crippen LogP contribution in [0.1, 0.15) is 35.4 Å². The monoisotopic (exact) mass is 524 g/mol. The van der Waals surface area contributed by atoms with Crippen LogP contribution in [0.25, 0.3) is 0 Å². The Morgan fingerprint density at radius 3 is 2.68 bits per heavy atom. The van der Waals surface area contributed by atoms with Gasteiger partial charge in [-0.15, -0.1) is 11.3 Å². The molecule has 2 atom stereocenters. The number of hydrogen-bond donors (Lipinski definition) is 1. The number of urea groups is 1. The van der Waals surface area contributed by atoms with Crippen LogP contribution in [0.4, 0.5) is 19.3 Å². The maximum Gasteiger partial charge on any atom is 0.322 e. The van der Waals surface area contributed by atoms with Gasteiger partial charge in [0, 0.05) is 50.1 Å². The average Bonchev–Trinajstić information content (AvgIpc) is 3.37. The molecule has 0 saturated carbocycles. The van der Waals surface area contributed by atoms with E-state index in [4.69, 9.17) is 0 Å². The molecule has 194 valence electrons. The fraction of sp³-hybridized carbons (Fsp3) is 0.357. The highest BCUT2D eigenvalue weighted by molar-refractivity contribution is 7.10. The maximum atomic E-state index is 14.0. The molecule has 3 amide bonds. The zero-order chi connectivity index (χ0) is 25.9. The molecule has 2 unspecified atom stereocenters. The molecule has 6 nitrogen and oxygen atoms in total. The molecule has 1 N–H and O–H groups in total. The molecule has 0 radical (unpaired) electrons. The van der Waals surface area contributed by atoms with E-state index in [0.717, 1.165) is 18.5 Å². The van der Waals surface area contributed by atoms with Crippen LogP contribution < -0.4 is 5.32 Å². The lowest BCUT2D eigenvalue weighted by atomic mass is 9.93. The second kappa shape index (κ2) is 11.0. The van der Waals surface area contributed by atoms with Gasteiger partial charge in [-0.2, -0.15) is 0 Å². The Hall–Kier alpha value is -3.30. The molecular weight excluding hydrogens is 494 g/mol. The predicted molar refractivity (Wildman–Crippen MR) is 141 cm³/mol. The molecule has 0 spiro atoms. The van der Waals surface area contributed by atoms with Crippen LogP contribution in [0.15, 0.2) is 60.0 Å². The molecule has 2 aliphatic heterocycles.